The van der Waals surface area contributed by atoms with Crippen LogP contribution < -0.4 is 16.1 Å². The second kappa shape index (κ2) is 8.01. The number of piperidine rings is 1. The number of rotatable bonds is 2. The van der Waals surface area contributed by atoms with Gasteiger partial charge in [0.25, 0.3) is 5.56 Å². The van der Waals surface area contributed by atoms with Crippen LogP contribution in [0.1, 0.15) is 18.5 Å². The number of anilines is 1. The van der Waals surface area contributed by atoms with Crippen molar-refractivity contribution in [3.8, 4) is 5.69 Å². The molecule has 2 amide bonds. The smallest absolute Gasteiger partial charge is 0.292 e. The molecule has 3 rings (SSSR count). The van der Waals surface area contributed by atoms with Crippen molar-refractivity contribution in [2.24, 2.45) is 13.0 Å². The molecule has 7 nitrogen and oxygen atoms in total. The molecule has 2 heterocycles. The number of carbonyl (C=O) groups is 2. The summed E-state index contributed by atoms with van der Waals surface area (Å²) >= 11 is 5.85. The van der Waals surface area contributed by atoms with Gasteiger partial charge in [-0.3, -0.25) is 19.0 Å². The van der Waals surface area contributed by atoms with Gasteiger partial charge < -0.3 is 0 Å². The highest BCUT2D eigenvalue weighted by Crippen LogP contribution is 2.38. The van der Waals surface area contributed by atoms with Gasteiger partial charge in [-0.1, -0.05) is 11.6 Å². The van der Waals surface area contributed by atoms with Gasteiger partial charge in [-0.25, -0.2) is 18.7 Å². The van der Waals surface area contributed by atoms with Crippen molar-refractivity contribution in [3.05, 3.63) is 55.6 Å². The molecule has 0 unspecified atom stereocenters. The first-order valence-electron chi connectivity index (χ1n) is 8.86. The minimum atomic E-state index is -5.06. The third-order valence-corrected chi connectivity index (χ3v) is 5.22. The van der Waals surface area contributed by atoms with E-state index in [-0.39, 0.29) is 20.1 Å². The predicted octanol–water partition coefficient (Wildman–Crippen LogP) is 3.18. The van der Waals surface area contributed by atoms with Crippen molar-refractivity contribution < 1.29 is 40.3 Å². The summed E-state index contributed by atoms with van der Waals surface area (Å²) in [5.41, 5.74) is -6.25. The zero-order chi connectivity index (χ0) is 25.0. The number of hydrogen-bond donors (Lipinski definition) is 0. The van der Waals surface area contributed by atoms with Gasteiger partial charge in [-0.15, -0.1) is 0 Å². The third-order valence-electron chi connectivity index (χ3n) is 4.91. The highest BCUT2D eigenvalue weighted by Gasteiger charge is 2.48. The van der Waals surface area contributed by atoms with Crippen LogP contribution in [-0.2, 0) is 22.8 Å². The van der Waals surface area contributed by atoms with Crippen molar-refractivity contribution in [2.75, 3.05) is 4.90 Å². The van der Waals surface area contributed by atoms with E-state index in [1.54, 1.807) is 0 Å². The Hall–Kier alpha value is -3.16. The Bertz CT molecular complexity index is 1260. The standard InChI is InChI=1S/C18H11ClF7N3O4/c1-27-12(18(24,25)26)6-15(32)29(16(27)33)10-5-11(9(20)4-8(10)19)28-13(30)2-7(3-14(28)31)17(21,22)23/h4-7H,2-3H2,1H3. The summed E-state index contributed by atoms with van der Waals surface area (Å²) < 4.78 is 92.6. The maximum Gasteiger partial charge on any atom is 0.431 e. The molecule has 0 N–H and O–H groups in total. The second-order valence-electron chi connectivity index (χ2n) is 7.07. The lowest BCUT2D eigenvalue weighted by Gasteiger charge is -2.31. The molecule has 0 spiro atoms. The van der Waals surface area contributed by atoms with Gasteiger partial charge in [0.05, 0.1) is 22.3 Å². The summed E-state index contributed by atoms with van der Waals surface area (Å²) in [6.45, 7) is 0. The van der Waals surface area contributed by atoms with Crippen LogP contribution in [0.3, 0.4) is 0 Å². The highest BCUT2D eigenvalue weighted by atomic mass is 35.5. The normalized spacial score (nSPS) is 16.0. The zero-order valence-corrected chi connectivity index (χ0v) is 17.0. The molecule has 0 bridgehead atoms. The zero-order valence-electron chi connectivity index (χ0n) is 16.2. The lowest BCUT2D eigenvalue weighted by molar-refractivity contribution is -0.185. The molecule has 1 fully saturated rings. The molecule has 0 atom stereocenters. The molecule has 2 aromatic rings. The quantitative estimate of drug-likeness (QED) is 0.468. The Kier molecular flexibility index (Phi) is 5.94. The van der Waals surface area contributed by atoms with Crippen LogP contribution in [0.15, 0.2) is 27.8 Å². The molecule has 0 radical (unpaired) electrons. The Balaban J connectivity index is 2.18. The number of aromatic nitrogens is 2. The van der Waals surface area contributed by atoms with E-state index in [4.69, 9.17) is 11.6 Å². The van der Waals surface area contributed by atoms with E-state index < -0.39 is 82.1 Å². The molecule has 0 aliphatic carbocycles. The van der Waals surface area contributed by atoms with Crippen LogP contribution in [-0.4, -0.2) is 27.1 Å². The fraction of sp³-hybridized carbons (Fsp3) is 0.333. The Morgan fingerprint density at radius 1 is 0.909 bits per heavy atom. The Morgan fingerprint density at radius 2 is 1.45 bits per heavy atom. The van der Waals surface area contributed by atoms with Gasteiger partial charge in [0.1, 0.15) is 11.5 Å². The number of amides is 2. The number of carbonyl (C=O) groups excluding carboxylic acids is 2. The fourth-order valence-electron chi connectivity index (χ4n) is 3.30. The van der Waals surface area contributed by atoms with Gasteiger partial charge in [0.15, 0.2) is 0 Å². The summed E-state index contributed by atoms with van der Waals surface area (Å²) in [5.74, 6) is -6.46. The predicted molar refractivity (Wildman–Crippen MR) is 98.5 cm³/mol. The van der Waals surface area contributed by atoms with Crippen LogP contribution in [0.5, 0.6) is 0 Å². The molecule has 1 saturated heterocycles. The molecular formula is C18H11ClF7N3O4. The van der Waals surface area contributed by atoms with Crippen LogP contribution in [0, 0.1) is 11.7 Å². The van der Waals surface area contributed by atoms with E-state index in [9.17, 15) is 49.9 Å². The average Bonchev–Trinajstić information content (AvgIpc) is 2.65. The van der Waals surface area contributed by atoms with Gasteiger partial charge in [-0.2, -0.15) is 26.3 Å². The minimum absolute atomic E-state index is 0.0753. The van der Waals surface area contributed by atoms with E-state index in [0.29, 0.717) is 19.2 Å². The first-order valence-corrected chi connectivity index (χ1v) is 9.24. The molecule has 33 heavy (non-hydrogen) atoms. The fourth-order valence-corrected chi connectivity index (χ4v) is 3.54. The second-order valence-corrected chi connectivity index (χ2v) is 7.47. The summed E-state index contributed by atoms with van der Waals surface area (Å²) in [6.07, 6.45) is -12.3. The Labute approximate surface area is 183 Å². The van der Waals surface area contributed by atoms with E-state index in [1.165, 1.54) is 0 Å². The van der Waals surface area contributed by atoms with E-state index >= 15 is 0 Å². The lowest BCUT2D eigenvalue weighted by atomic mass is 9.94. The van der Waals surface area contributed by atoms with Crippen molar-refractivity contribution in [3.63, 3.8) is 0 Å². The number of benzene rings is 1. The molecule has 178 valence electrons. The monoisotopic (exact) mass is 501 g/mol. The van der Waals surface area contributed by atoms with Crippen molar-refractivity contribution in [1.82, 2.24) is 9.13 Å². The van der Waals surface area contributed by atoms with Gasteiger partial charge >= 0.3 is 18.0 Å². The molecule has 1 aromatic heterocycles. The topological polar surface area (TPSA) is 81.4 Å². The number of alkyl halides is 6. The lowest BCUT2D eigenvalue weighted by Crippen LogP contribution is -2.47. The van der Waals surface area contributed by atoms with Gasteiger partial charge in [-0.05, 0) is 12.1 Å². The first-order chi connectivity index (χ1) is 15.0. The summed E-state index contributed by atoms with van der Waals surface area (Å²) in [4.78, 5) is 49.3. The molecule has 1 aromatic carbocycles. The summed E-state index contributed by atoms with van der Waals surface area (Å²) in [6, 6.07) is 1.09. The van der Waals surface area contributed by atoms with Crippen molar-refractivity contribution in [1.29, 1.82) is 0 Å². The van der Waals surface area contributed by atoms with Gasteiger partial charge in [0, 0.05) is 26.0 Å². The molecular weight excluding hydrogens is 491 g/mol. The third kappa shape index (κ3) is 4.38. The van der Waals surface area contributed by atoms with Crippen LogP contribution >= 0.6 is 11.6 Å². The first kappa shape index (κ1) is 24.5. The maximum atomic E-state index is 14.5. The molecule has 0 saturated carbocycles. The number of hydrogen-bond acceptors (Lipinski definition) is 4. The van der Waals surface area contributed by atoms with Crippen molar-refractivity contribution >= 4 is 29.1 Å². The van der Waals surface area contributed by atoms with E-state index in [0.717, 1.165) is 0 Å². The average molecular weight is 502 g/mol. The minimum Gasteiger partial charge on any atom is -0.292 e. The highest BCUT2D eigenvalue weighted by molar-refractivity contribution is 6.32. The van der Waals surface area contributed by atoms with Gasteiger partial charge in [0.2, 0.25) is 11.8 Å². The van der Waals surface area contributed by atoms with E-state index in [1.807, 2.05) is 0 Å². The number of nitrogens with zero attached hydrogens (tertiary/aromatic N) is 3. The summed E-state index contributed by atoms with van der Waals surface area (Å²) in [7, 11) is 0.703. The largest absolute Gasteiger partial charge is 0.431 e. The number of halogens is 8. The van der Waals surface area contributed by atoms with Crippen LogP contribution in [0.25, 0.3) is 5.69 Å². The van der Waals surface area contributed by atoms with Crippen LogP contribution in [0.4, 0.5) is 36.4 Å². The summed E-state index contributed by atoms with van der Waals surface area (Å²) in [5, 5.41) is -0.653. The number of imide groups is 1. The molecule has 1 aliphatic rings. The van der Waals surface area contributed by atoms with E-state index in [2.05, 4.69) is 0 Å². The van der Waals surface area contributed by atoms with Crippen LogP contribution in [0.2, 0.25) is 5.02 Å². The Morgan fingerprint density at radius 3 is 1.94 bits per heavy atom. The molecule has 15 heteroatoms. The molecule has 1 aliphatic heterocycles. The SMILES string of the molecule is Cn1c(C(F)(F)F)cc(=O)n(-c2cc(N3C(=O)CC(C(F)(F)F)CC3=O)c(F)cc2Cl)c1=O. The maximum absolute atomic E-state index is 14.5. The van der Waals surface area contributed by atoms with Crippen molar-refractivity contribution in [2.45, 2.75) is 25.2 Å².